The number of methoxy groups -OCH3 is 2. The summed E-state index contributed by atoms with van der Waals surface area (Å²) in [6.07, 6.45) is 0. The topological polar surface area (TPSA) is 64.1 Å². The van der Waals surface area contributed by atoms with Crippen LogP contribution < -0.4 is 20.1 Å². The van der Waals surface area contributed by atoms with Gasteiger partial charge in [0.15, 0.2) is 17.5 Å². The van der Waals surface area contributed by atoms with E-state index in [1.807, 2.05) is 32.0 Å². The monoisotopic (exact) mass is 451 g/mol. The number of rotatable bonds is 9. The third-order valence-corrected chi connectivity index (χ3v) is 3.09. The molecule has 0 fully saturated rings. The number of hydrogen-bond donors (Lipinski definition) is 2. The molecule has 0 saturated heterocycles. The Kier molecular flexibility index (Phi) is 12.4. The molecular weight excluding hydrogens is 421 g/mol. The van der Waals surface area contributed by atoms with Crippen LogP contribution in [0.4, 0.5) is 0 Å². The first-order valence-corrected chi connectivity index (χ1v) is 7.98. The van der Waals surface area contributed by atoms with E-state index in [1.54, 1.807) is 14.2 Å². The molecular formula is C17H30IN3O3. The van der Waals surface area contributed by atoms with Crippen LogP contribution in [-0.2, 0) is 11.3 Å². The van der Waals surface area contributed by atoms with Gasteiger partial charge in [-0.05, 0) is 38.5 Å². The normalized spacial score (nSPS) is 12.1. The summed E-state index contributed by atoms with van der Waals surface area (Å²) in [5, 5.41) is 6.54. The molecule has 0 aliphatic carbocycles. The maximum Gasteiger partial charge on any atom is 0.191 e. The Hall–Kier alpha value is -1.22. The van der Waals surface area contributed by atoms with Crippen LogP contribution in [0.3, 0.4) is 0 Å². The van der Waals surface area contributed by atoms with Gasteiger partial charge in [-0.1, -0.05) is 6.07 Å². The van der Waals surface area contributed by atoms with Gasteiger partial charge in [0.05, 0.1) is 26.9 Å². The van der Waals surface area contributed by atoms with Crippen LogP contribution in [0.15, 0.2) is 23.2 Å². The zero-order valence-electron chi connectivity index (χ0n) is 15.2. The number of ether oxygens (including phenoxy) is 3. The molecule has 0 spiro atoms. The molecule has 2 N–H and O–H groups in total. The minimum Gasteiger partial charge on any atom is -0.493 e. The lowest BCUT2D eigenvalue weighted by Gasteiger charge is -2.17. The van der Waals surface area contributed by atoms with Gasteiger partial charge in [0, 0.05) is 19.7 Å². The van der Waals surface area contributed by atoms with E-state index in [4.69, 9.17) is 14.2 Å². The van der Waals surface area contributed by atoms with Gasteiger partial charge in [-0.2, -0.15) is 0 Å². The molecule has 6 nitrogen and oxygen atoms in total. The SMILES string of the molecule is CCNC(=NCc1ccc(OC)c(OCC)c1)NC(C)COC.I. The maximum absolute atomic E-state index is 5.60. The van der Waals surface area contributed by atoms with E-state index < -0.39 is 0 Å². The Morgan fingerprint density at radius 3 is 2.54 bits per heavy atom. The van der Waals surface area contributed by atoms with Crippen LogP contribution in [-0.4, -0.2) is 46.0 Å². The zero-order chi connectivity index (χ0) is 17.1. The van der Waals surface area contributed by atoms with Crippen LogP contribution in [0.25, 0.3) is 0 Å². The fourth-order valence-electron chi connectivity index (χ4n) is 2.10. The fourth-order valence-corrected chi connectivity index (χ4v) is 2.10. The predicted octanol–water partition coefficient (Wildman–Crippen LogP) is 2.80. The average Bonchev–Trinajstić information content (AvgIpc) is 2.53. The second-order valence-electron chi connectivity index (χ2n) is 5.11. The largest absolute Gasteiger partial charge is 0.493 e. The van der Waals surface area contributed by atoms with E-state index in [-0.39, 0.29) is 30.0 Å². The first kappa shape index (κ1) is 22.8. The number of guanidine groups is 1. The van der Waals surface area contributed by atoms with Gasteiger partial charge in [0.25, 0.3) is 0 Å². The van der Waals surface area contributed by atoms with Crippen molar-refractivity contribution in [2.75, 3.05) is 34.0 Å². The van der Waals surface area contributed by atoms with E-state index >= 15 is 0 Å². The summed E-state index contributed by atoms with van der Waals surface area (Å²) in [7, 11) is 3.33. The summed E-state index contributed by atoms with van der Waals surface area (Å²) in [4.78, 5) is 4.61. The van der Waals surface area contributed by atoms with Gasteiger partial charge >= 0.3 is 0 Å². The van der Waals surface area contributed by atoms with Crippen molar-refractivity contribution in [3.05, 3.63) is 23.8 Å². The van der Waals surface area contributed by atoms with Crippen LogP contribution in [0.2, 0.25) is 0 Å². The van der Waals surface area contributed by atoms with Crippen LogP contribution >= 0.6 is 24.0 Å². The Bertz CT molecular complexity index is 498. The fraction of sp³-hybridized carbons (Fsp3) is 0.588. The number of aliphatic imine (C=N–C) groups is 1. The maximum atomic E-state index is 5.60. The molecule has 0 radical (unpaired) electrons. The van der Waals surface area contributed by atoms with E-state index in [0.29, 0.717) is 19.8 Å². The summed E-state index contributed by atoms with van der Waals surface area (Å²) >= 11 is 0. The van der Waals surface area contributed by atoms with Gasteiger partial charge in [0.2, 0.25) is 0 Å². The van der Waals surface area contributed by atoms with E-state index in [0.717, 1.165) is 29.6 Å². The highest BCUT2D eigenvalue weighted by Gasteiger charge is 2.07. The van der Waals surface area contributed by atoms with Crippen molar-refractivity contribution in [2.24, 2.45) is 4.99 Å². The molecule has 1 atom stereocenters. The Labute approximate surface area is 162 Å². The molecule has 0 aliphatic rings. The Morgan fingerprint density at radius 2 is 1.96 bits per heavy atom. The van der Waals surface area contributed by atoms with Crippen LogP contribution in [0, 0.1) is 0 Å². The lowest BCUT2D eigenvalue weighted by molar-refractivity contribution is 0.179. The minimum absolute atomic E-state index is 0. The van der Waals surface area contributed by atoms with Crippen molar-refractivity contribution >= 4 is 29.9 Å². The number of benzene rings is 1. The molecule has 1 rings (SSSR count). The van der Waals surface area contributed by atoms with Crippen molar-refractivity contribution in [1.29, 1.82) is 0 Å². The van der Waals surface area contributed by atoms with Crippen molar-refractivity contribution in [1.82, 2.24) is 10.6 Å². The zero-order valence-corrected chi connectivity index (χ0v) is 17.5. The first-order chi connectivity index (χ1) is 11.1. The number of halogens is 1. The number of hydrogen-bond acceptors (Lipinski definition) is 4. The molecule has 0 heterocycles. The molecule has 138 valence electrons. The van der Waals surface area contributed by atoms with Gasteiger partial charge < -0.3 is 24.8 Å². The average molecular weight is 451 g/mol. The standard InChI is InChI=1S/C17H29N3O3.HI/c1-6-18-17(20-13(3)12-21-4)19-11-14-8-9-15(22-5)16(10-14)23-7-2;/h8-10,13H,6-7,11-12H2,1-5H3,(H2,18,19,20);1H. The second-order valence-corrected chi connectivity index (χ2v) is 5.11. The molecule has 0 amide bonds. The molecule has 0 bridgehead atoms. The molecule has 0 aliphatic heterocycles. The van der Waals surface area contributed by atoms with E-state index in [9.17, 15) is 0 Å². The van der Waals surface area contributed by atoms with Crippen molar-refractivity contribution in [2.45, 2.75) is 33.4 Å². The molecule has 1 unspecified atom stereocenters. The van der Waals surface area contributed by atoms with E-state index in [2.05, 4.69) is 22.5 Å². The van der Waals surface area contributed by atoms with Crippen LogP contribution in [0.1, 0.15) is 26.3 Å². The third kappa shape index (κ3) is 8.05. The molecule has 1 aromatic carbocycles. The quantitative estimate of drug-likeness (QED) is 0.344. The molecule has 7 heteroatoms. The molecule has 0 saturated carbocycles. The second kappa shape index (κ2) is 13.1. The van der Waals surface area contributed by atoms with Crippen LogP contribution in [0.5, 0.6) is 11.5 Å². The Morgan fingerprint density at radius 1 is 1.21 bits per heavy atom. The van der Waals surface area contributed by atoms with Gasteiger partial charge in [-0.3, -0.25) is 0 Å². The van der Waals surface area contributed by atoms with Gasteiger partial charge in [-0.15, -0.1) is 24.0 Å². The lowest BCUT2D eigenvalue weighted by atomic mass is 10.2. The summed E-state index contributed by atoms with van der Waals surface area (Å²) in [5.41, 5.74) is 1.06. The van der Waals surface area contributed by atoms with Crippen molar-refractivity contribution < 1.29 is 14.2 Å². The highest BCUT2D eigenvalue weighted by molar-refractivity contribution is 14.0. The molecule has 1 aromatic rings. The number of nitrogens with one attached hydrogen (secondary N) is 2. The highest BCUT2D eigenvalue weighted by atomic mass is 127. The lowest BCUT2D eigenvalue weighted by Crippen LogP contribution is -2.43. The Balaban J connectivity index is 0.00000529. The van der Waals surface area contributed by atoms with Crippen molar-refractivity contribution in [3.8, 4) is 11.5 Å². The highest BCUT2D eigenvalue weighted by Crippen LogP contribution is 2.28. The summed E-state index contributed by atoms with van der Waals surface area (Å²) in [6.45, 7) is 8.63. The van der Waals surface area contributed by atoms with E-state index in [1.165, 1.54) is 0 Å². The molecule has 0 aromatic heterocycles. The number of nitrogens with zero attached hydrogens (tertiary/aromatic N) is 1. The summed E-state index contributed by atoms with van der Waals surface area (Å²) in [5.74, 6) is 2.25. The first-order valence-electron chi connectivity index (χ1n) is 7.98. The summed E-state index contributed by atoms with van der Waals surface area (Å²) < 4.78 is 16.0. The minimum atomic E-state index is 0. The predicted molar refractivity (Wildman–Crippen MR) is 109 cm³/mol. The van der Waals surface area contributed by atoms with Gasteiger partial charge in [-0.25, -0.2) is 4.99 Å². The van der Waals surface area contributed by atoms with Crippen molar-refractivity contribution in [3.63, 3.8) is 0 Å². The summed E-state index contributed by atoms with van der Waals surface area (Å²) in [6, 6.07) is 6.05. The van der Waals surface area contributed by atoms with Gasteiger partial charge in [0.1, 0.15) is 0 Å². The molecule has 24 heavy (non-hydrogen) atoms. The third-order valence-electron chi connectivity index (χ3n) is 3.09. The smallest absolute Gasteiger partial charge is 0.191 e.